The van der Waals surface area contributed by atoms with E-state index in [9.17, 15) is 19.2 Å². The molecule has 3 rings (SSSR count). The van der Waals surface area contributed by atoms with Gasteiger partial charge in [-0.2, -0.15) is 4.98 Å². The molecule has 188 valence electrons. The van der Waals surface area contributed by atoms with Gasteiger partial charge in [0.15, 0.2) is 0 Å². The Balaban J connectivity index is 1.74. The fourth-order valence-corrected chi connectivity index (χ4v) is 4.66. The SMILES string of the molecule is COC(=O)[C@H](Cn1ccc(NC(=O)c2c(Cl)cccc2Cl)nc1=O)NC(=O)N1[C@H](C)CCC[C@@H]1C. The maximum absolute atomic E-state index is 12.9. The molecule has 3 amide bonds. The van der Waals surface area contributed by atoms with Gasteiger partial charge in [0.25, 0.3) is 5.91 Å². The molecule has 0 unspecified atom stereocenters. The van der Waals surface area contributed by atoms with Crippen LogP contribution in [0.4, 0.5) is 10.6 Å². The Hall–Kier alpha value is -3.11. The fourth-order valence-electron chi connectivity index (χ4n) is 4.09. The second-order valence-electron chi connectivity index (χ2n) is 8.36. The van der Waals surface area contributed by atoms with E-state index in [0.29, 0.717) is 0 Å². The smallest absolute Gasteiger partial charge is 0.349 e. The van der Waals surface area contributed by atoms with E-state index in [-0.39, 0.29) is 40.1 Å². The predicted molar refractivity (Wildman–Crippen MR) is 132 cm³/mol. The van der Waals surface area contributed by atoms with Crippen LogP contribution in [0, 0.1) is 0 Å². The number of ether oxygens (including phenoxy) is 1. The van der Waals surface area contributed by atoms with Gasteiger partial charge in [-0.1, -0.05) is 29.3 Å². The molecule has 2 N–H and O–H groups in total. The van der Waals surface area contributed by atoms with E-state index in [4.69, 9.17) is 27.9 Å². The number of benzene rings is 1. The van der Waals surface area contributed by atoms with E-state index in [1.54, 1.807) is 11.0 Å². The van der Waals surface area contributed by atoms with Crippen molar-refractivity contribution in [2.24, 2.45) is 0 Å². The highest BCUT2D eigenvalue weighted by Gasteiger charge is 2.32. The number of anilines is 1. The number of halogens is 2. The highest BCUT2D eigenvalue weighted by atomic mass is 35.5. The van der Waals surface area contributed by atoms with E-state index in [2.05, 4.69) is 15.6 Å². The Morgan fingerprint density at radius 1 is 1.14 bits per heavy atom. The number of hydrogen-bond acceptors (Lipinski definition) is 6. The zero-order valence-corrected chi connectivity index (χ0v) is 21.1. The van der Waals surface area contributed by atoms with E-state index < -0.39 is 29.6 Å². The third-order valence-corrected chi connectivity index (χ3v) is 6.53. The second-order valence-corrected chi connectivity index (χ2v) is 9.17. The molecular weight excluding hydrogens is 497 g/mol. The number of nitrogens with zero attached hydrogens (tertiary/aromatic N) is 3. The van der Waals surface area contributed by atoms with Crippen molar-refractivity contribution < 1.29 is 19.1 Å². The van der Waals surface area contributed by atoms with Crippen molar-refractivity contribution in [2.45, 2.75) is 57.8 Å². The van der Waals surface area contributed by atoms with Gasteiger partial charge in [0.2, 0.25) is 0 Å². The Labute approximate surface area is 212 Å². The van der Waals surface area contributed by atoms with Crippen molar-refractivity contribution in [3.8, 4) is 0 Å². The normalized spacial score (nSPS) is 18.5. The van der Waals surface area contributed by atoms with Crippen LogP contribution in [-0.4, -0.2) is 57.6 Å². The number of esters is 1. The largest absolute Gasteiger partial charge is 0.467 e. The average Bonchev–Trinajstić information content (AvgIpc) is 2.79. The van der Waals surface area contributed by atoms with Crippen LogP contribution in [0.2, 0.25) is 10.0 Å². The lowest BCUT2D eigenvalue weighted by Gasteiger charge is -2.39. The number of aromatic nitrogens is 2. The van der Waals surface area contributed by atoms with Crippen LogP contribution in [-0.2, 0) is 16.1 Å². The first-order valence-corrected chi connectivity index (χ1v) is 11.9. The molecular formula is C23H27Cl2N5O5. The van der Waals surface area contributed by atoms with Crippen LogP contribution in [0.1, 0.15) is 43.5 Å². The summed E-state index contributed by atoms with van der Waals surface area (Å²) in [4.78, 5) is 56.0. The number of urea groups is 1. The first-order chi connectivity index (χ1) is 16.6. The van der Waals surface area contributed by atoms with Gasteiger partial charge in [-0.3, -0.25) is 9.36 Å². The molecule has 1 aromatic heterocycles. The van der Waals surface area contributed by atoms with Gasteiger partial charge in [0, 0.05) is 18.3 Å². The number of piperidine rings is 1. The minimum atomic E-state index is -1.12. The van der Waals surface area contributed by atoms with Crippen LogP contribution in [0.5, 0.6) is 0 Å². The molecule has 10 nitrogen and oxygen atoms in total. The van der Waals surface area contributed by atoms with Crippen molar-refractivity contribution in [2.75, 3.05) is 12.4 Å². The van der Waals surface area contributed by atoms with Gasteiger partial charge in [-0.05, 0) is 51.3 Å². The van der Waals surface area contributed by atoms with Crippen molar-refractivity contribution in [1.29, 1.82) is 0 Å². The van der Waals surface area contributed by atoms with Crippen molar-refractivity contribution in [1.82, 2.24) is 19.8 Å². The van der Waals surface area contributed by atoms with Crippen molar-refractivity contribution in [3.05, 3.63) is 56.6 Å². The van der Waals surface area contributed by atoms with Crippen molar-refractivity contribution in [3.63, 3.8) is 0 Å². The van der Waals surface area contributed by atoms with E-state index in [0.717, 1.165) is 23.8 Å². The van der Waals surface area contributed by atoms with E-state index in [1.165, 1.54) is 31.5 Å². The van der Waals surface area contributed by atoms with Crippen LogP contribution < -0.4 is 16.3 Å². The minimum absolute atomic E-state index is 0.0240. The summed E-state index contributed by atoms with van der Waals surface area (Å²) in [7, 11) is 1.20. The minimum Gasteiger partial charge on any atom is -0.467 e. The van der Waals surface area contributed by atoms with E-state index >= 15 is 0 Å². The summed E-state index contributed by atoms with van der Waals surface area (Å²) < 4.78 is 5.97. The third-order valence-electron chi connectivity index (χ3n) is 5.90. The number of rotatable bonds is 6. The van der Waals surface area contributed by atoms with Gasteiger partial charge in [0.05, 0.1) is 29.3 Å². The van der Waals surface area contributed by atoms with Crippen LogP contribution >= 0.6 is 23.2 Å². The first kappa shape index (κ1) is 26.5. The van der Waals surface area contributed by atoms with Crippen LogP contribution in [0.3, 0.4) is 0 Å². The summed E-state index contributed by atoms with van der Waals surface area (Å²) >= 11 is 12.1. The molecule has 35 heavy (non-hydrogen) atoms. The molecule has 0 radical (unpaired) electrons. The summed E-state index contributed by atoms with van der Waals surface area (Å²) in [5.41, 5.74) is -0.688. The summed E-state index contributed by atoms with van der Waals surface area (Å²) in [5, 5.41) is 5.46. The predicted octanol–water partition coefficient (Wildman–Crippen LogP) is 3.32. The van der Waals surface area contributed by atoms with Crippen molar-refractivity contribution >= 4 is 46.9 Å². The molecule has 2 heterocycles. The zero-order valence-electron chi connectivity index (χ0n) is 19.6. The molecule has 0 spiro atoms. The molecule has 3 atom stereocenters. The van der Waals surface area contributed by atoms with Gasteiger partial charge in [0.1, 0.15) is 11.9 Å². The molecule has 1 fully saturated rings. The lowest BCUT2D eigenvalue weighted by atomic mass is 9.98. The number of methoxy groups -OCH3 is 1. The third kappa shape index (κ3) is 6.32. The lowest BCUT2D eigenvalue weighted by molar-refractivity contribution is -0.143. The topological polar surface area (TPSA) is 123 Å². The van der Waals surface area contributed by atoms with Crippen LogP contribution in [0.15, 0.2) is 35.3 Å². The van der Waals surface area contributed by atoms with Gasteiger partial charge < -0.3 is 20.3 Å². The molecule has 0 aliphatic carbocycles. The maximum atomic E-state index is 12.9. The molecule has 0 bridgehead atoms. The molecule has 1 aromatic carbocycles. The molecule has 0 saturated carbocycles. The highest BCUT2D eigenvalue weighted by Crippen LogP contribution is 2.25. The fraction of sp³-hybridized carbons (Fsp3) is 0.435. The Kier molecular flexibility index (Phi) is 8.74. The quantitative estimate of drug-likeness (QED) is 0.559. The molecule has 1 aliphatic heterocycles. The lowest BCUT2D eigenvalue weighted by Crippen LogP contribution is -2.56. The molecule has 1 saturated heterocycles. The number of likely N-dealkylation sites (tertiary alicyclic amines) is 1. The summed E-state index contributed by atoms with van der Waals surface area (Å²) in [6.07, 6.45) is 4.12. The number of nitrogens with one attached hydrogen (secondary N) is 2. The molecule has 12 heteroatoms. The van der Waals surface area contributed by atoms with Gasteiger partial charge >= 0.3 is 17.7 Å². The van der Waals surface area contributed by atoms with Gasteiger partial charge in [-0.15, -0.1) is 0 Å². The Morgan fingerprint density at radius 3 is 2.34 bits per heavy atom. The number of hydrogen-bond donors (Lipinski definition) is 2. The van der Waals surface area contributed by atoms with E-state index in [1.807, 2.05) is 13.8 Å². The monoisotopic (exact) mass is 523 g/mol. The maximum Gasteiger partial charge on any atom is 0.349 e. The standard InChI is InChI=1S/C23H27Cl2N5O5/c1-13-6-4-7-14(2)30(13)23(34)26-17(21(32)35-3)12-29-11-10-18(28-22(29)33)27-20(31)19-15(24)8-5-9-16(19)25/h5,8-11,13-14,17H,4,6-7,12H2,1-3H3,(H,26,34)(H,27,28,31,33)/t13-,14+,17-/m0/s1. The average molecular weight is 524 g/mol. The summed E-state index contributed by atoms with van der Waals surface area (Å²) in [6.45, 7) is 3.71. The number of carbonyl (C=O) groups is 3. The second kappa shape index (κ2) is 11.5. The first-order valence-electron chi connectivity index (χ1n) is 11.1. The Bertz CT molecular complexity index is 1140. The number of amides is 3. The number of carbonyl (C=O) groups excluding carboxylic acids is 3. The van der Waals surface area contributed by atoms with Crippen LogP contribution in [0.25, 0.3) is 0 Å². The Morgan fingerprint density at radius 2 is 1.77 bits per heavy atom. The molecule has 1 aliphatic rings. The molecule has 2 aromatic rings. The van der Waals surface area contributed by atoms with Gasteiger partial charge in [-0.25, -0.2) is 14.4 Å². The summed E-state index contributed by atoms with van der Waals surface area (Å²) in [5.74, 6) is -1.36. The highest BCUT2D eigenvalue weighted by molar-refractivity contribution is 6.40. The zero-order chi connectivity index (χ0) is 25.7. The summed E-state index contributed by atoms with van der Waals surface area (Å²) in [6, 6.07) is 4.55.